The van der Waals surface area contributed by atoms with E-state index in [0.29, 0.717) is 0 Å². The Morgan fingerprint density at radius 1 is 1.42 bits per heavy atom. The number of halogens is 1. The van der Waals surface area contributed by atoms with Crippen molar-refractivity contribution in [1.82, 2.24) is 9.62 Å². The number of rotatable bonds is 8. The fourth-order valence-electron chi connectivity index (χ4n) is 1.98. The Labute approximate surface area is 156 Å². The zero-order valence-corrected chi connectivity index (χ0v) is 15.6. The number of sulfonamides is 1. The first-order valence-electron chi connectivity index (χ1n) is 7.84. The van der Waals surface area contributed by atoms with Crippen LogP contribution in [0, 0.1) is 11.3 Å². The van der Waals surface area contributed by atoms with Gasteiger partial charge in [-0.05, 0) is 31.0 Å². The summed E-state index contributed by atoms with van der Waals surface area (Å²) in [5.74, 6) is -1.31. The molecule has 140 valence electrons. The molecule has 0 aromatic heterocycles. The van der Waals surface area contributed by atoms with Gasteiger partial charge in [0.25, 0.3) is 5.91 Å². The van der Waals surface area contributed by atoms with Gasteiger partial charge < -0.3 is 9.64 Å². The summed E-state index contributed by atoms with van der Waals surface area (Å²) in [4.78, 5) is 25.0. The van der Waals surface area contributed by atoms with Crippen LogP contribution in [0.5, 0.6) is 0 Å². The summed E-state index contributed by atoms with van der Waals surface area (Å²) in [6.45, 7) is -0.283. The van der Waals surface area contributed by atoms with E-state index in [2.05, 4.69) is 4.72 Å². The second-order valence-corrected chi connectivity index (χ2v) is 7.93. The molecule has 0 spiro atoms. The molecular weight excluding hydrogens is 382 g/mol. The van der Waals surface area contributed by atoms with Gasteiger partial charge in [-0.1, -0.05) is 11.6 Å². The predicted molar refractivity (Wildman–Crippen MR) is 92.9 cm³/mol. The molecule has 0 aliphatic heterocycles. The number of nitrogens with zero attached hydrogens (tertiary/aromatic N) is 2. The standard InChI is InChI=1S/C16H18ClN3O5S/c1-20(8-2-7-18)15(21)10-25-16(22)11-3-6-13(17)14(9-11)26(23,24)19-12-4-5-12/h3,6,9,12,19H,2,4-5,8,10H2,1H3. The number of esters is 1. The topological polar surface area (TPSA) is 117 Å². The number of hydrogen-bond acceptors (Lipinski definition) is 6. The summed E-state index contributed by atoms with van der Waals surface area (Å²) in [5.41, 5.74) is -0.0296. The van der Waals surface area contributed by atoms with Gasteiger partial charge in [0.15, 0.2) is 6.61 Å². The summed E-state index contributed by atoms with van der Waals surface area (Å²) in [6.07, 6.45) is 1.70. The highest BCUT2D eigenvalue weighted by atomic mass is 35.5. The molecule has 8 nitrogen and oxygen atoms in total. The number of carbonyl (C=O) groups excluding carboxylic acids is 2. The molecule has 1 fully saturated rings. The number of nitrogens with one attached hydrogen (secondary N) is 1. The predicted octanol–water partition coefficient (Wildman–Crippen LogP) is 1.31. The maximum absolute atomic E-state index is 12.3. The highest BCUT2D eigenvalue weighted by molar-refractivity contribution is 7.89. The lowest BCUT2D eigenvalue weighted by atomic mass is 10.2. The largest absolute Gasteiger partial charge is 0.452 e. The zero-order valence-electron chi connectivity index (χ0n) is 14.1. The number of hydrogen-bond donors (Lipinski definition) is 1. The number of carbonyl (C=O) groups is 2. The molecular formula is C16H18ClN3O5S. The molecule has 0 saturated heterocycles. The van der Waals surface area contributed by atoms with Crippen molar-refractivity contribution in [2.45, 2.75) is 30.2 Å². The Morgan fingerprint density at radius 3 is 2.73 bits per heavy atom. The first-order valence-corrected chi connectivity index (χ1v) is 9.70. The lowest BCUT2D eigenvalue weighted by Gasteiger charge is -2.15. The highest BCUT2D eigenvalue weighted by Crippen LogP contribution is 2.27. The molecule has 0 radical (unpaired) electrons. The van der Waals surface area contributed by atoms with Gasteiger partial charge in [-0.3, -0.25) is 4.79 Å². The van der Waals surface area contributed by atoms with E-state index in [-0.39, 0.29) is 34.5 Å². The zero-order chi connectivity index (χ0) is 19.3. The molecule has 1 saturated carbocycles. The van der Waals surface area contributed by atoms with Crippen LogP contribution >= 0.6 is 11.6 Å². The molecule has 0 unspecified atom stereocenters. The number of ether oxygens (including phenoxy) is 1. The summed E-state index contributed by atoms with van der Waals surface area (Å²) in [6, 6.07) is 5.55. The van der Waals surface area contributed by atoms with E-state index in [1.807, 2.05) is 6.07 Å². The summed E-state index contributed by atoms with van der Waals surface area (Å²) in [5, 5.41) is 8.49. The van der Waals surface area contributed by atoms with E-state index in [0.717, 1.165) is 18.9 Å². The SMILES string of the molecule is CN(CCC#N)C(=O)COC(=O)c1ccc(Cl)c(S(=O)(=O)NC2CC2)c1. The normalized spacial score (nSPS) is 13.7. The van der Waals surface area contributed by atoms with Crippen LogP contribution in [0.3, 0.4) is 0 Å². The minimum absolute atomic E-state index is 0.0120. The van der Waals surface area contributed by atoms with Crippen LogP contribution in [-0.2, 0) is 19.6 Å². The molecule has 10 heteroatoms. The average Bonchev–Trinajstić information content (AvgIpc) is 3.40. The van der Waals surface area contributed by atoms with E-state index < -0.39 is 28.5 Å². The highest BCUT2D eigenvalue weighted by Gasteiger charge is 2.29. The van der Waals surface area contributed by atoms with Crippen molar-refractivity contribution in [1.29, 1.82) is 5.26 Å². The molecule has 0 atom stereocenters. The minimum Gasteiger partial charge on any atom is -0.452 e. The van der Waals surface area contributed by atoms with Crippen molar-refractivity contribution in [3.05, 3.63) is 28.8 Å². The van der Waals surface area contributed by atoms with Gasteiger partial charge in [0.2, 0.25) is 10.0 Å². The lowest BCUT2D eigenvalue weighted by molar-refractivity contribution is -0.133. The summed E-state index contributed by atoms with van der Waals surface area (Å²) < 4.78 is 32.0. The number of nitriles is 1. The third-order valence-corrected chi connectivity index (χ3v) is 5.67. The molecule has 1 aliphatic rings. The van der Waals surface area contributed by atoms with E-state index in [9.17, 15) is 18.0 Å². The molecule has 26 heavy (non-hydrogen) atoms. The Bertz CT molecular complexity index is 846. The molecule has 1 N–H and O–H groups in total. The molecule has 1 aliphatic carbocycles. The van der Waals surface area contributed by atoms with Gasteiger partial charge in [-0.2, -0.15) is 5.26 Å². The van der Waals surface area contributed by atoms with Crippen molar-refractivity contribution in [2.75, 3.05) is 20.2 Å². The smallest absolute Gasteiger partial charge is 0.338 e. The van der Waals surface area contributed by atoms with Gasteiger partial charge in [-0.25, -0.2) is 17.9 Å². The van der Waals surface area contributed by atoms with Crippen LogP contribution in [0.1, 0.15) is 29.6 Å². The molecule has 1 aromatic rings. The maximum atomic E-state index is 12.3. The van der Waals surface area contributed by atoms with Crippen LogP contribution in [0.25, 0.3) is 0 Å². The molecule has 1 amide bonds. The third kappa shape index (κ3) is 5.42. The molecule has 0 bridgehead atoms. The Hall–Kier alpha value is -2.15. The fraction of sp³-hybridized carbons (Fsp3) is 0.438. The van der Waals surface area contributed by atoms with Crippen LogP contribution in [-0.4, -0.2) is 51.4 Å². The average molecular weight is 400 g/mol. The van der Waals surface area contributed by atoms with Crippen molar-refractivity contribution in [2.24, 2.45) is 0 Å². The maximum Gasteiger partial charge on any atom is 0.338 e. The van der Waals surface area contributed by atoms with Crippen LogP contribution in [0.4, 0.5) is 0 Å². The van der Waals surface area contributed by atoms with Crippen molar-refractivity contribution in [3.8, 4) is 6.07 Å². The van der Waals surface area contributed by atoms with Crippen LogP contribution < -0.4 is 4.72 Å². The number of benzene rings is 1. The van der Waals surface area contributed by atoms with Crippen molar-refractivity contribution >= 4 is 33.5 Å². The van der Waals surface area contributed by atoms with Crippen molar-refractivity contribution < 1.29 is 22.7 Å². The van der Waals surface area contributed by atoms with E-state index >= 15 is 0 Å². The second-order valence-electron chi connectivity index (χ2n) is 5.84. The van der Waals surface area contributed by atoms with Crippen molar-refractivity contribution in [3.63, 3.8) is 0 Å². The Morgan fingerprint density at radius 2 is 2.12 bits per heavy atom. The Balaban J connectivity index is 2.04. The second kappa shape index (κ2) is 8.49. The first-order chi connectivity index (χ1) is 12.2. The monoisotopic (exact) mass is 399 g/mol. The van der Waals surface area contributed by atoms with E-state index in [4.69, 9.17) is 21.6 Å². The Kier molecular flexibility index (Phi) is 6.58. The van der Waals surface area contributed by atoms with Gasteiger partial charge in [0, 0.05) is 19.6 Å². The first kappa shape index (κ1) is 20.2. The van der Waals surface area contributed by atoms with Crippen LogP contribution in [0.15, 0.2) is 23.1 Å². The summed E-state index contributed by atoms with van der Waals surface area (Å²) >= 11 is 5.95. The van der Waals surface area contributed by atoms with E-state index in [1.54, 1.807) is 0 Å². The fourth-order valence-corrected chi connectivity index (χ4v) is 3.81. The van der Waals surface area contributed by atoms with Gasteiger partial charge in [0.05, 0.1) is 23.1 Å². The quantitative estimate of drug-likeness (QED) is 0.658. The van der Waals surface area contributed by atoms with Gasteiger partial charge >= 0.3 is 5.97 Å². The number of amides is 1. The molecule has 0 heterocycles. The summed E-state index contributed by atoms with van der Waals surface area (Å²) in [7, 11) is -2.34. The lowest BCUT2D eigenvalue weighted by Crippen LogP contribution is -2.32. The van der Waals surface area contributed by atoms with Crippen LogP contribution in [0.2, 0.25) is 5.02 Å². The number of likely N-dealkylation sites (N-methyl/N-ethyl adjacent to an activating group) is 1. The minimum atomic E-state index is -3.83. The van der Waals surface area contributed by atoms with Gasteiger partial charge in [-0.15, -0.1) is 0 Å². The third-order valence-electron chi connectivity index (χ3n) is 3.67. The van der Waals surface area contributed by atoms with Gasteiger partial charge in [0.1, 0.15) is 4.90 Å². The van der Waals surface area contributed by atoms with E-state index in [1.165, 1.54) is 24.1 Å². The molecule has 2 rings (SSSR count). The molecule has 1 aromatic carbocycles.